The lowest BCUT2D eigenvalue weighted by atomic mass is 10.1. The zero-order chi connectivity index (χ0) is 13.8. The van der Waals surface area contributed by atoms with E-state index < -0.39 is 0 Å². The highest BCUT2D eigenvalue weighted by Gasteiger charge is 2.11. The average Bonchev–Trinajstić information content (AvgIpc) is 2.43. The molecule has 0 atom stereocenters. The first-order chi connectivity index (χ1) is 9.17. The summed E-state index contributed by atoms with van der Waals surface area (Å²) >= 11 is 0. The van der Waals surface area contributed by atoms with Crippen molar-refractivity contribution in [1.29, 1.82) is 0 Å². The molecular weight excluding hydrogens is 232 g/mol. The molecule has 2 rings (SSSR count). The highest BCUT2D eigenvalue weighted by Crippen LogP contribution is 2.30. The third-order valence-corrected chi connectivity index (χ3v) is 3.51. The van der Waals surface area contributed by atoms with Gasteiger partial charge in [-0.05, 0) is 49.6 Å². The molecule has 0 bridgehead atoms. The summed E-state index contributed by atoms with van der Waals surface area (Å²) in [5.74, 6) is 0. The number of nitrogens with zero attached hydrogens (tertiary/aromatic N) is 1. The maximum absolute atomic E-state index is 5.70. The van der Waals surface area contributed by atoms with Gasteiger partial charge in [0.15, 0.2) is 0 Å². The van der Waals surface area contributed by atoms with Crippen molar-refractivity contribution in [2.24, 2.45) is 5.73 Å². The molecule has 0 aromatic heterocycles. The summed E-state index contributed by atoms with van der Waals surface area (Å²) in [7, 11) is 0. The van der Waals surface area contributed by atoms with Gasteiger partial charge in [-0.1, -0.05) is 30.3 Å². The van der Waals surface area contributed by atoms with Crippen molar-refractivity contribution in [3.05, 3.63) is 59.2 Å². The van der Waals surface area contributed by atoms with Gasteiger partial charge >= 0.3 is 0 Å². The molecular formula is C17H22N2. The summed E-state index contributed by atoms with van der Waals surface area (Å²) in [4.78, 5) is 2.35. The first kappa shape index (κ1) is 13.6. The molecule has 2 aromatic rings. The average molecular weight is 254 g/mol. The number of anilines is 2. The Hall–Kier alpha value is -1.80. The van der Waals surface area contributed by atoms with Crippen LogP contribution in [0.15, 0.2) is 42.5 Å². The Kier molecular flexibility index (Phi) is 4.23. The minimum Gasteiger partial charge on any atom is -0.341 e. The van der Waals surface area contributed by atoms with Crippen molar-refractivity contribution >= 4 is 11.4 Å². The van der Waals surface area contributed by atoms with Gasteiger partial charge in [0.1, 0.15) is 0 Å². The van der Waals surface area contributed by atoms with Crippen molar-refractivity contribution in [3.63, 3.8) is 0 Å². The predicted molar refractivity (Wildman–Crippen MR) is 82.9 cm³/mol. The maximum atomic E-state index is 5.70. The third-order valence-electron chi connectivity index (χ3n) is 3.51. The van der Waals surface area contributed by atoms with Crippen LogP contribution < -0.4 is 10.6 Å². The molecule has 0 aliphatic carbocycles. The SMILES string of the molecule is CCN(c1ccccc1C)c1ccc(CN)cc1C. The summed E-state index contributed by atoms with van der Waals surface area (Å²) in [6, 6.07) is 15.0. The molecule has 0 heterocycles. The Morgan fingerprint density at radius 1 is 0.947 bits per heavy atom. The van der Waals surface area contributed by atoms with Crippen LogP contribution in [0.4, 0.5) is 11.4 Å². The Labute approximate surface area is 115 Å². The highest BCUT2D eigenvalue weighted by molar-refractivity contribution is 5.69. The zero-order valence-corrected chi connectivity index (χ0v) is 12.0. The molecule has 0 aliphatic rings. The van der Waals surface area contributed by atoms with Gasteiger partial charge in [0.25, 0.3) is 0 Å². The van der Waals surface area contributed by atoms with Crippen LogP contribution in [-0.2, 0) is 6.54 Å². The number of para-hydroxylation sites is 1. The Balaban J connectivity index is 2.46. The van der Waals surface area contributed by atoms with E-state index in [9.17, 15) is 0 Å². The number of hydrogen-bond acceptors (Lipinski definition) is 2. The fourth-order valence-electron chi connectivity index (χ4n) is 2.48. The van der Waals surface area contributed by atoms with Crippen LogP contribution in [0.5, 0.6) is 0 Å². The summed E-state index contributed by atoms with van der Waals surface area (Å²) < 4.78 is 0. The quantitative estimate of drug-likeness (QED) is 0.896. The fourth-order valence-corrected chi connectivity index (χ4v) is 2.48. The lowest BCUT2D eigenvalue weighted by Crippen LogP contribution is -2.18. The maximum Gasteiger partial charge on any atom is 0.0440 e. The number of nitrogens with two attached hydrogens (primary N) is 1. The Morgan fingerprint density at radius 2 is 1.63 bits per heavy atom. The fraction of sp³-hybridized carbons (Fsp3) is 0.294. The van der Waals surface area contributed by atoms with E-state index in [2.05, 4.69) is 68.1 Å². The van der Waals surface area contributed by atoms with Crippen molar-refractivity contribution in [1.82, 2.24) is 0 Å². The molecule has 2 heteroatoms. The van der Waals surface area contributed by atoms with Gasteiger partial charge in [0.2, 0.25) is 0 Å². The number of hydrogen-bond donors (Lipinski definition) is 1. The van der Waals surface area contributed by atoms with Crippen LogP contribution in [0.1, 0.15) is 23.6 Å². The van der Waals surface area contributed by atoms with E-state index in [1.54, 1.807) is 0 Å². The molecule has 0 radical (unpaired) electrons. The van der Waals surface area contributed by atoms with Crippen LogP contribution in [0, 0.1) is 13.8 Å². The van der Waals surface area contributed by atoms with Gasteiger partial charge in [0.05, 0.1) is 0 Å². The van der Waals surface area contributed by atoms with Gasteiger partial charge in [0, 0.05) is 24.5 Å². The molecule has 0 saturated heterocycles. The number of rotatable bonds is 4. The van der Waals surface area contributed by atoms with Crippen LogP contribution in [0.25, 0.3) is 0 Å². The van der Waals surface area contributed by atoms with Gasteiger partial charge in [-0.25, -0.2) is 0 Å². The smallest absolute Gasteiger partial charge is 0.0440 e. The lowest BCUT2D eigenvalue weighted by Gasteiger charge is -2.27. The van der Waals surface area contributed by atoms with E-state index in [4.69, 9.17) is 5.73 Å². The van der Waals surface area contributed by atoms with Gasteiger partial charge < -0.3 is 10.6 Å². The second-order valence-corrected chi connectivity index (χ2v) is 4.86. The van der Waals surface area contributed by atoms with E-state index >= 15 is 0 Å². The lowest BCUT2D eigenvalue weighted by molar-refractivity contribution is 0.999. The topological polar surface area (TPSA) is 29.3 Å². The second kappa shape index (κ2) is 5.89. The molecule has 0 unspecified atom stereocenters. The predicted octanol–water partition coefficient (Wildman–Crippen LogP) is 3.92. The van der Waals surface area contributed by atoms with Crippen LogP contribution in [-0.4, -0.2) is 6.54 Å². The van der Waals surface area contributed by atoms with E-state index in [1.165, 1.54) is 28.1 Å². The molecule has 0 saturated carbocycles. The zero-order valence-electron chi connectivity index (χ0n) is 12.0. The van der Waals surface area contributed by atoms with Crippen molar-refractivity contribution in [3.8, 4) is 0 Å². The summed E-state index contributed by atoms with van der Waals surface area (Å²) in [5.41, 5.74) is 12.0. The first-order valence-corrected chi connectivity index (χ1v) is 6.80. The largest absolute Gasteiger partial charge is 0.341 e. The molecule has 0 fully saturated rings. The molecule has 0 aliphatic heterocycles. The molecule has 2 N–H and O–H groups in total. The Morgan fingerprint density at radius 3 is 2.21 bits per heavy atom. The Bertz CT molecular complexity index is 561. The summed E-state index contributed by atoms with van der Waals surface area (Å²) in [6.45, 7) is 8.03. The van der Waals surface area contributed by atoms with Crippen LogP contribution in [0.3, 0.4) is 0 Å². The van der Waals surface area contributed by atoms with Gasteiger partial charge in [-0.15, -0.1) is 0 Å². The minimum absolute atomic E-state index is 0.595. The van der Waals surface area contributed by atoms with Gasteiger partial charge in [-0.2, -0.15) is 0 Å². The van der Waals surface area contributed by atoms with E-state index in [0.29, 0.717) is 6.54 Å². The highest BCUT2D eigenvalue weighted by atomic mass is 15.1. The molecule has 2 nitrogen and oxygen atoms in total. The van der Waals surface area contributed by atoms with E-state index in [-0.39, 0.29) is 0 Å². The summed E-state index contributed by atoms with van der Waals surface area (Å²) in [5, 5.41) is 0. The standard InChI is InChI=1S/C17H22N2/c1-4-19(16-8-6-5-7-13(16)2)17-10-9-15(12-18)11-14(17)3/h5-11H,4,12,18H2,1-3H3. The second-order valence-electron chi connectivity index (χ2n) is 4.86. The molecule has 2 aromatic carbocycles. The van der Waals surface area contributed by atoms with Crippen molar-refractivity contribution < 1.29 is 0 Å². The molecule has 19 heavy (non-hydrogen) atoms. The third kappa shape index (κ3) is 2.79. The van der Waals surface area contributed by atoms with E-state index in [0.717, 1.165) is 6.54 Å². The molecule has 100 valence electrons. The minimum atomic E-state index is 0.595. The van der Waals surface area contributed by atoms with Gasteiger partial charge in [-0.3, -0.25) is 0 Å². The van der Waals surface area contributed by atoms with E-state index in [1.807, 2.05) is 0 Å². The monoisotopic (exact) mass is 254 g/mol. The summed E-state index contributed by atoms with van der Waals surface area (Å²) in [6.07, 6.45) is 0. The first-order valence-electron chi connectivity index (χ1n) is 6.80. The normalized spacial score (nSPS) is 10.5. The van der Waals surface area contributed by atoms with Crippen LogP contribution >= 0.6 is 0 Å². The van der Waals surface area contributed by atoms with Crippen LogP contribution in [0.2, 0.25) is 0 Å². The number of benzene rings is 2. The van der Waals surface area contributed by atoms with Crippen molar-refractivity contribution in [2.45, 2.75) is 27.3 Å². The molecule has 0 spiro atoms. The number of aryl methyl sites for hydroxylation is 2. The molecule has 0 amide bonds. The van der Waals surface area contributed by atoms with Crippen molar-refractivity contribution in [2.75, 3.05) is 11.4 Å².